The number of hydrogen-bond donors (Lipinski definition) is 1. The van der Waals surface area contributed by atoms with E-state index in [0.717, 1.165) is 17.5 Å². The molecule has 0 fully saturated rings. The lowest BCUT2D eigenvalue weighted by Crippen LogP contribution is -2.00. The Morgan fingerprint density at radius 1 is 1.17 bits per heavy atom. The maximum atomic E-state index is 13.3. The molecule has 0 radical (unpaired) electrons. The zero-order chi connectivity index (χ0) is 13.1. The summed E-state index contributed by atoms with van der Waals surface area (Å²) in [6.07, 6.45) is 0.904. The van der Waals surface area contributed by atoms with Crippen molar-refractivity contribution in [2.45, 2.75) is 13.3 Å². The van der Waals surface area contributed by atoms with E-state index < -0.39 is 11.8 Å². The van der Waals surface area contributed by atoms with E-state index in [1.807, 2.05) is 31.2 Å². The van der Waals surface area contributed by atoms with Crippen molar-refractivity contribution in [1.29, 1.82) is 0 Å². The number of aromatic carboxylic acids is 1. The number of carboxylic acids is 1. The summed E-state index contributed by atoms with van der Waals surface area (Å²) in [4.78, 5) is 10.9. The summed E-state index contributed by atoms with van der Waals surface area (Å²) in [5, 5.41) is 8.90. The summed E-state index contributed by atoms with van der Waals surface area (Å²) in [6, 6.07) is 11.9. The SMILES string of the molecule is CCc1cccc(-c2ccc(F)c(C(=O)O)c2)c1. The molecular formula is C15H13FO2. The van der Waals surface area contributed by atoms with Crippen molar-refractivity contribution in [3.8, 4) is 11.1 Å². The molecule has 0 unspecified atom stereocenters. The molecule has 0 aliphatic carbocycles. The molecule has 2 aromatic rings. The average Bonchev–Trinajstić information content (AvgIpc) is 2.39. The third kappa shape index (κ3) is 2.40. The molecule has 2 aromatic carbocycles. The Morgan fingerprint density at radius 2 is 1.89 bits per heavy atom. The molecule has 0 saturated heterocycles. The third-order valence-electron chi connectivity index (χ3n) is 2.87. The number of aryl methyl sites for hydroxylation is 1. The molecule has 0 spiro atoms. The molecule has 0 aliphatic heterocycles. The van der Waals surface area contributed by atoms with Crippen molar-refractivity contribution in [3.63, 3.8) is 0 Å². The van der Waals surface area contributed by atoms with Gasteiger partial charge in [0, 0.05) is 0 Å². The number of carbonyl (C=O) groups is 1. The quantitative estimate of drug-likeness (QED) is 0.892. The van der Waals surface area contributed by atoms with Crippen LogP contribution < -0.4 is 0 Å². The molecule has 0 aliphatic rings. The molecular weight excluding hydrogens is 231 g/mol. The van der Waals surface area contributed by atoms with Crippen molar-refractivity contribution < 1.29 is 14.3 Å². The molecule has 0 amide bonds. The van der Waals surface area contributed by atoms with Crippen LogP contribution in [0.4, 0.5) is 4.39 Å². The van der Waals surface area contributed by atoms with E-state index >= 15 is 0 Å². The van der Waals surface area contributed by atoms with Gasteiger partial charge in [0.25, 0.3) is 0 Å². The highest BCUT2D eigenvalue weighted by atomic mass is 19.1. The third-order valence-corrected chi connectivity index (χ3v) is 2.87. The minimum atomic E-state index is -1.25. The second kappa shape index (κ2) is 5.00. The van der Waals surface area contributed by atoms with Crippen LogP contribution >= 0.6 is 0 Å². The van der Waals surface area contributed by atoms with Crippen LogP contribution in [0.2, 0.25) is 0 Å². The van der Waals surface area contributed by atoms with Crippen molar-refractivity contribution in [1.82, 2.24) is 0 Å². The second-order valence-corrected chi connectivity index (χ2v) is 4.05. The minimum Gasteiger partial charge on any atom is -0.478 e. The number of benzene rings is 2. The van der Waals surface area contributed by atoms with Gasteiger partial charge in [0.2, 0.25) is 0 Å². The van der Waals surface area contributed by atoms with Crippen LogP contribution in [0.25, 0.3) is 11.1 Å². The first-order valence-electron chi connectivity index (χ1n) is 5.74. The van der Waals surface area contributed by atoms with Crippen LogP contribution in [0.5, 0.6) is 0 Å². The predicted molar refractivity (Wildman–Crippen MR) is 68.2 cm³/mol. The summed E-state index contributed by atoms with van der Waals surface area (Å²) in [7, 11) is 0. The fraction of sp³-hybridized carbons (Fsp3) is 0.133. The van der Waals surface area contributed by atoms with E-state index in [1.165, 1.54) is 12.1 Å². The lowest BCUT2D eigenvalue weighted by molar-refractivity contribution is 0.0692. The van der Waals surface area contributed by atoms with Gasteiger partial charge in [0.05, 0.1) is 5.56 Å². The maximum Gasteiger partial charge on any atom is 0.338 e. The summed E-state index contributed by atoms with van der Waals surface area (Å²) in [5.41, 5.74) is 2.48. The van der Waals surface area contributed by atoms with Crippen LogP contribution in [-0.4, -0.2) is 11.1 Å². The van der Waals surface area contributed by atoms with Crippen molar-refractivity contribution in [2.24, 2.45) is 0 Å². The van der Waals surface area contributed by atoms with E-state index in [1.54, 1.807) is 6.07 Å². The van der Waals surface area contributed by atoms with Gasteiger partial charge in [0.1, 0.15) is 5.82 Å². The highest BCUT2D eigenvalue weighted by Gasteiger charge is 2.11. The van der Waals surface area contributed by atoms with Crippen molar-refractivity contribution in [2.75, 3.05) is 0 Å². The zero-order valence-corrected chi connectivity index (χ0v) is 9.98. The smallest absolute Gasteiger partial charge is 0.338 e. The maximum absolute atomic E-state index is 13.3. The van der Waals surface area contributed by atoms with E-state index in [2.05, 4.69) is 0 Å². The second-order valence-electron chi connectivity index (χ2n) is 4.05. The first kappa shape index (κ1) is 12.3. The first-order chi connectivity index (χ1) is 8.61. The summed E-state index contributed by atoms with van der Waals surface area (Å²) in [6.45, 7) is 2.05. The van der Waals surface area contributed by atoms with Crippen molar-refractivity contribution >= 4 is 5.97 Å². The lowest BCUT2D eigenvalue weighted by atomic mass is 10.00. The largest absolute Gasteiger partial charge is 0.478 e. The Kier molecular flexibility index (Phi) is 3.42. The van der Waals surface area contributed by atoms with Gasteiger partial charge in [-0.1, -0.05) is 37.3 Å². The van der Waals surface area contributed by atoms with Gasteiger partial charge in [-0.15, -0.1) is 0 Å². The summed E-state index contributed by atoms with van der Waals surface area (Å²) < 4.78 is 13.3. The standard InChI is InChI=1S/C15H13FO2/c1-2-10-4-3-5-11(8-10)12-6-7-14(16)13(9-12)15(17)18/h3-9H,2H2,1H3,(H,17,18). The topological polar surface area (TPSA) is 37.3 Å². The minimum absolute atomic E-state index is 0.297. The van der Waals surface area contributed by atoms with Crippen LogP contribution in [-0.2, 0) is 6.42 Å². The molecule has 92 valence electrons. The van der Waals surface area contributed by atoms with E-state index in [-0.39, 0.29) is 5.56 Å². The number of carboxylic acid groups (broad SMARTS) is 1. The highest BCUT2D eigenvalue weighted by molar-refractivity contribution is 5.89. The fourth-order valence-corrected chi connectivity index (χ4v) is 1.84. The predicted octanol–water partition coefficient (Wildman–Crippen LogP) is 3.75. The molecule has 3 heteroatoms. The van der Waals surface area contributed by atoms with E-state index in [9.17, 15) is 9.18 Å². The number of hydrogen-bond acceptors (Lipinski definition) is 1. The van der Waals surface area contributed by atoms with Gasteiger partial charge in [-0.3, -0.25) is 0 Å². The fourth-order valence-electron chi connectivity index (χ4n) is 1.84. The zero-order valence-electron chi connectivity index (χ0n) is 9.98. The Labute approximate surface area is 105 Å². The monoisotopic (exact) mass is 244 g/mol. The Hall–Kier alpha value is -2.16. The summed E-state index contributed by atoms with van der Waals surface area (Å²) in [5.74, 6) is -1.96. The Bertz CT molecular complexity index is 591. The van der Waals surface area contributed by atoms with Crippen LogP contribution in [0.15, 0.2) is 42.5 Å². The van der Waals surface area contributed by atoms with Gasteiger partial charge >= 0.3 is 5.97 Å². The summed E-state index contributed by atoms with van der Waals surface area (Å²) >= 11 is 0. The van der Waals surface area contributed by atoms with Gasteiger partial charge < -0.3 is 5.11 Å². The Balaban J connectivity index is 2.50. The van der Waals surface area contributed by atoms with E-state index in [0.29, 0.717) is 5.56 Å². The first-order valence-corrected chi connectivity index (χ1v) is 5.74. The molecule has 2 nitrogen and oxygen atoms in total. The normalized spacial score (nSPS) is 10.3. The molecule has 0 bridgehead atoms. The van der Waals surface area contributed by atoms with Crippen LogP contribution in [0, 0.1) is 5.82 Å². The molecule has 2 rings (SSSR count). The number of rotatable bonds is 3. The van der Waals surface area contributed by atoms with Crippen molar-refractivity contribution in [3.05, 3.63) is 59.4 Å². The average molecular weight is 244 g/mol. The van der Waals surface area contributed by atoms with Gasteiger partial charge in [-0.2, -0.15) is 0 Å². The molecule has 0 heterocycles. The van der Waals surface area contributed by atoms with Gasteiger partial charge in [-0.05, 0) is 35.2 Å². The van der Waals surface area contributed by atoms with E-state index in [4.69, 9.17) is 5.11 Å². The molecule has 0 atom stereocenters. The highest BCUT2D eigenvalue weighted by Crippen LogP contribution is 2.23. The molecule has 18 heavy (non-hydrogen) atoms. The van der Waals surface area contributed by atoms with Gasteiger partial charge in [-0.25, -0.2) is 9.18 Å². The molecule has 1 N–H and O–H groups in total. The molecule has 0 aromatic heterocycles. The van der Waals surface area contributed by atoms with Crippen LogP contribution in [0.3, 0.4) is 0 Å². The molecule has 0 saturated carbocycles. The number of halogens is 1. The van der Waals surface area contributed by atoms with Crippen LogP contribution in [0.1, 0.15) is 22.8 Å². The lowest BCUT2D eigenvalue weighted by Gasteiger charge is -2.06. The Morgan fingerprint density at radius 3 is 2.56 bits per heavy atom. The van der Waals surface area contributed by atoms with Gasteiger partial charge in [0.15, 0.2) is 0 Å².